The normalized spacial score (nSPS) is 19.3. The standard InChI is InChI=1S/C53H59ClF2N8O7S/c1-29-44(72-28-61-29)31-11-9-30(10-12-31)24-60-47(68)40-21-35(65)26-64(40)48(69)45(51(2,3)4)62-42(66)27-70-18-17-58-41-16-14-33(25-59-41)43-38(55)19-34(20-39(43)56)46(67)63-49-52(5,6)50(53(49,7)8)71-36-15-13-32(23-57)37(54)22-36/h9-16,19-20,22,25,28,35,40,45,49-50,65H,17-18,21,24,26-27H2,1-8H3,(H,58,59)(H,60,68)(H,62,66)(H,63,67)/t35-,40+,45-,49?,50?/m1/s1. The molecule has 15 nitrogen and oxygen atoms in total. The summed E-state index contributed by atoms with van der Waals surface area (Å²) in [4.78, 5) is 65.0. The average molecular weight is 1030 g/mol. The maximum atomic E-state index is 15.6. The van der Waals surface area contributed by atoms with Crippen molar-refractivity contribution in [2.24, 2.45) is 16.2 Å². The molecule has 0 spiro atoms. The molecule has 19 heteroatoms. The number of carbonyl (C=O) groups excluding carboxylic acids is 4. The Kier molecular flexibility index (Phi) is 16.0. The number of hydrogen-bond donors (Lipinski definition) is 5. The summed E-state index contributed by atoms with van der Waals surface area (Å²) in [6.07, 6.45) is 0.0541. The molecule has 3 atom stereocenters. The van der Waals surface area contributed by atoms with Crippen molar-refractivity contribution >= 4 is 52.4 Å². The number of carbonyl (C=O) groups is 4. The number of halogens is 3. The van der Waals surface area contributed by atoms with Crippen molar-refractivity contribution < 1.29 is 42.5 Å². The van der Waals surface area contributed by atoms with Gasteiger partial charge in [0.2, 0.25) is 17.7 Å². The van der Waals surface area contributed by atoms with E-state index in [0.29, 0.717) is 17.1 Å². The monoisotopic (exact) mass is 1020 g/mol. The maximum Gasteiger partial charge on any atom is 0.251 e. The van der Waals surface area contributed by atoms with Gasteiger partial charge in [0, 0.05) is 66.3 Å². The van der Waals surface area contributed by atoms with E-state index in [2.05, 4.69) is 31.2 Å². The van der Waals surface area contributed by atoms with Gasteiger partial charge in [-0.15, -0.1) is 11.3 Å². The Morgan fingerprint density at radius 1 is 0.986 bits per heavy atom. The van der Waals surface area contributed by atoms with Crippen LogP contribution in [0.3, 0.4) is 0 Å². The Morgan fingerprint density at radius 2 is 1.67 bits per heavy atom. The van der Waals surface area contributed by atoms with Crippen LogP contribution < -0.4 is 26.0 Å². The molecule has 4 amide bonds. The van der Waals surface area contributed by atoms with Crippen LogP contribution in [-0.4, -0.2) is 100 Å². The van der Waals surface area contributed by atoms with Crippen LogP contribution in [0.1, 0.15) is 82.1 Å². The number of rotatable bonds is 17. The summed E-state index contributed by atoms with van der Waals surface area (Å²) < 4.78 is 43.1. The number of nitrogens with one attached hydrogen (secondary N) is 4. The zero-order valence-electron chi connectivity index (χ0n) is 41.4. The smallest absolute Gasteiger partial charge is 0.251 e. The van der Waals surface area contributed by atoms with Gasteiger partial charge in [-0.25, -0.2) is 18.7 Å². The molecule has 0 bridgehead atoms. The summed E-state index contributed by atoms with van der Waals surface area (Å²) in [5.41, 5.74) is 2.58. The number of anilines is 1. The van der Waals surface area contributed by atoms with E-state index in [-0.39, 0.29) is 67.1 Å². The number of aliphatic hydroxyl groups excluding tert-OH is 1. The number of benzene rings is 3. The molecule has 5 N–H and O–H groups in total. The molecule has 0 unspecified atom stereocenters. The zero-order valence-corrected chi connectivity index (χ0v) is 42.9. The van der Waals surface area contributed by atoms with Gasteiger partial charge in [-0.05, 0) is 59.9 Å². The molecule has 380 valence electrons. The van der Waals surface area contributed by atoms with Crippen LogP contribution in [-0.2, 0) is 25.7 Å². The SMILES string of the molecule is Cc1ncsc1-c1ccc(CNC(=O)[C@@H]2C[C@@H](O)CN2C(=O)[C@@H](NC(=O)COCCNc2ccc(-c3c(F)cc(C(=O)NC4C(C)(C)C(Oc5ccc(C#N)c(Cl)c5)C4(C)C)cc3F)cn2)C(C)(C)C)cc1. The number of hydrogen-bond acceptors (Lipinski definition) is 12. The molecule has 0 radical (unpaired) electrons. The largest absolute Gasteiger partial charge is 0.489 e. The molecule has 2 fully saturated rings. The molecule has 2 aromatic heterocycles. The molecule has 2 aliphatic rings. The van der Waals surface area contributed by atoms with E-state index in [1.165, 1.54) is 23.2 Å². The lowest BCUT2D eigenvalue weighted by Gasteiger charge is -2.63. The first-order valence-electron chi connectivity index (χ1n) is 23.5. The number of amides is 4. The minimum atomic E-state index is -1.04. The highest BCUT2D eigenvalue weighted by Gasteiger charge is 2.64. The molecule has 1 saturated heterocycles. The van der Waals surface area contributed by atoms with E-state index < -0.39 is 75.7 Å². The number of aryl methyl sites for hydroxylation is 1. The second-order valence-electron chi connectivity index (χ2n) is 20.5. The average Bonchev–Trinajstić information content (AvgIpc) is 3.95. The fourth-order valence-electron chi connectivity index (χ4n) is 9.84. The summed E-state index contributed by atoms with van der Waals surface area (Å²) in [7, 11) is 0. The first kappa shape index (κ1) is 53.3. The van der Waals surface area contributed by atoms with Gasteiger partial charge < -0.3 is 40.7 Å². The Morgan fingerprint density at radius 3 is 2.26 bits per heavy atom. The number of β-amino-alcohol motifs (C(OH)–C–C–N with tert-alkyl or cyclic N) is 1. The van der Waals surface area contributed by atoms with Gasteiger partial charge in [-0.2, -0.15) is 5.26 Å². The predicted octanol–water partition coefficient (Wildman–Crippen LogP) is 7.83. The fraction of sp³-hybridized carbons (Fsp3) is 0.415. The van der Waals surface area contributed by atoms with Gasteiger partial charge in [-0.3, -0.25) is 19.2 Å². The van der Waals surface area contributed by atoms with Gasteiger partial charge in [0.25, 0.3) is 5.91 Å². The van der Waals surface area contributed by atoms with Crippen molar-refractivity contribution in [1.82, 2.24) is 30.8 Å². The lowest BCUT2D eigenvalue weighted by molar-refractivity contribution is -0.164. The quantitative estimate of drug-likeness (QED) is 0.0567. The van der Waals surface area contributed by atoms with Crippen molar-refractivity contribution in [2.45, 2.75) is 98.7 Å². The molecule has 72 heavy (non-hydrogen) atoms. The van der Waals surface area contributed by atoms with Crippen LogP contribution in [0.15, 0.2) is 78.4 Å². The number of nitriles is 1. The second-order valence-corrected chi connectivity index (χ2v) is 21.7. The van der Waals surface area contributed by atoms with E-state index in [9.17, 15) is 29.5 Å². The van der Waals surface area contributed by atoms with E-state index >= 15 is 8.78 Å². The molecule has 1 aliphatic carbocycles. The lowest BCUT2D eigenvalue weighted by Crippen LogP contribution is -2.74. The van der Waals surface area contributed by atoms with Gasteiger partial charge in [0.05, 0.1) is 44.9 Å². The molecular formula is C53H59ClF2N8O7S. The Balaban J connectivity index is 0.866. The third-order valence-corrected chi connectivity index (χ3v) is 14.6. The molecule has 5 aromatic rings. The number of pyridine rings is 1. The molecule has 1 saturated carbocycles. The summed E-state index contributed by atoms with van der Waals surface area (Å²) in [6.45, 7) is 15.0. The Labute approximate surface area is 426 Å². The Bertz CT molecular complexity index is 2830. The highest BCUT2D eigenvalue weighted by molar-refractivity contribution is 7.13. The number of aromatic nitrogens is 2. The van der Waals surface area contributed by atoms with Crippen LogP contribution in [0.4, 0.5) is 14.6 Å². The number of aliphatic hydroxyl groups is 1. The fourth-order valence-corrected chi connectivity index (χ4v) is 10.9. The molecule has 3 aromatic carbocycles. The zero-order chi connectivity index (χ0) is 52.3. The third-order valence-electron chi connectivity index (χ3n) is 13.3. The van der Waals surface area contributed by atoms with E-state index in [1.807, 2.05) is 65.0 Å². The first-order valence-corrected chi connectivity index (χ1v) is 24.7. The van der Waals surface area contributed by atoms with Crippen LogP contribution in [0.25, 0.3) is 21.6 Å². The third kappa shape index (κ3) is 11.7. The second kappa shape index (κ2) is 21.7. The highest BCUT2D eigenvalue weighted by atomic mass is 35.5. The summed E-state index contributed by atoms with van der Waals surface area (Å²) in [5, 5.41) is 31.7. The van der Waals surface area contributed by atoms with Crippen molar-refractivity contribution in [3.8, 4) is 33.4 Å². The summed E-state index contributed by atoms with van der Waals surface area (Å²) in [6, 6.07) is 17.2. The van der Waals surface area contributed by atoms with E-state index in [4.69, 9.17) is 21.1 Å². The van der Waals surface area contributed by atoms with Crippen LogP contribution >= 0.6 is 22.9 Å². The minimum Gasteiger partial charge on any atom is -0.489 e. The van der Waals surface area contributed by atoms with Crippen molar-refractivity contribution in [3.05, 3.63) is 117 Å². The minimum absolute atomic E-state index is 0.0545. The maximum absolute atomic E-state index is 15.6. The van der Waals surface area contributed by atoms with Gasteiger partial charge in [-0.1, -0.05) is 84.3 Å². The number of thiazole rings is 1. The molecule has 7 rings (SSSR count). The van der Waals surface area contributed by atoms with Crippen LogP contribution in [0.2, 0.25) is 5.02 Å². The van der Waals surface area contributed by atoms with Crippen molar-refractivity contribution in [2.75, 3.05) is 31.6 Å². The van der Waals surface area contributed by atoms with E-state index in [0.717, 1.165) is 33.8 Å². The molecule has 3 heterocycles. The Hall–Kier alpha value is -6.52. The van der Waals surface area contributed by atoms with Gasteiger partial charge >= 0.3 is 0 Å². The molecule has 1 aliphatic heterocycles. The predicted molar refractivity (Wildman–Crippen MR) is 270 cm³/mol. The first-order chi connectivity index (χ1) is 34.0. The summed E-state index contributed by atoms with van der Waals surface area (Å²) in [5.74, 6) is -3.18. The van der Waals surface area contributed by atoms with Crippen LogP contribution in [0.5, 0.6) is 5.75 Å². The van der Waals surface area contributed by atoms with E-state index in [1.54, 1.807) is 55.8 Å². The number of ether oxygens (including phenoxy) is 2. The highest BCUT2D eigenvalue weighted by Crippen LogP contribution is 2.55. The molecular weight excluding hydrogens is 966 g/mol. The van der Waals surface area contributed by atoms with Gasteiger partial charge in [0.15, 0.2) is 0 Å². The van der Waals surface area contributed by atoms with Gasteiger partial charge in [0.1, 0.15) is 54.1 Å². The lowest BCUT2D eigenvalue weighted by atomic mass is 9.49. The number of likely N-dealkylation sites (tertiary alicyclic amines) is 1. The topological polar surface area (TPSA) is 208 Å². The number of nitrogens with zero attached hydrogens (tertiary/aromatic N) is 4. The summed E-state index contributed by atoms with van der Waals surface area (Å²) >= 11 is 7.76. The van der Waals surface area contributed by atoms with Crippen molar-refractivity contribution in [1.29, 1.82) is 5.26 Å². The van der Waals surface area contributed by atoms with Crippen molar-refractivity contribution in [3.63, 3.8) is 0 Å². The van der Waals surface area contributed by atoms with Crippen LogP contribution in [0, 0.1) is 46.1 Å².